The summed E-state index contributed by atoms with van der Waals surface area (Å²) in [4.78, 5) is 2.54. The Morgan fingerprint density at radius 3 is 1.45 bits per heavy atom. The molecule has 2 aliphatic carbocycles. The van der Waals surface area contributed by atoms with Crippen molar-refractivity contribution in [3.8, 4) is 44.5 Å². The first kappa shape index (κ1) is 32.8. The van der Waals surface area contributed by atoms with E-state index in [1.165, 1.54) is 66.9 Å². The molecule has 0 radical (unpaired) electrons. The van der Waals surface area contributed by atoms with Gasteiger partial charge in [-0.25, -0.2) is 0 Å². The topological polar surface area (TPSA) is 16.4 Å². The van der Waals surface area contributed by atoms with Gasteiger partial charge in [-0.15, -0.1) is 0 Å². The van der Waals surface area contributed by atoms with E-state index in [0.29, 0.717) is 0 Å². The third kappa shape index (κ3) is 4.56. The van der Waals surface area contributed by atoms with E-state index in [-0.39, 0.29) is 10.8 Å². The molecule has 2 nitrogen and oxygen atoms in total. The molecule has 11 rings (SSSR count). The molecular formula is C54H41NO. The van der Waals surface area contributed by atoms with Gasteiger partial charge in [0.1, 0.15) is 11.2 Å². The van der Waals surface area contributed by atoms with Crippen LogP contribution in [0.25, 0.3) is 66.4 Å². The molecule has 1 heterocycles. The van der Waals surface area contributed by atoms with Gasteiger partial charge < -0.3 is 9.32 Å². The molecular weight excluding hydrogens is 679 g/mol. The smallest absolute Gasteiger partial charge is 0.136 e. The van der Waals surface area contributed by atoms with Crippen LogP contribution in [0.4, 0.5) is 17.1 Å². The van der Waals surface area contributed by atoms with Crippen molar-refractivity contribution in [3.63, 3.8) is 0 Å². The predicted octanol–water partition coefficient (Wildman–Crippen LogP) is 15.0. The van der Waals surface area contributed by atoms with E-state index in [0.717, 1.165) is 38.9 Å². The third-order valence-corrected chi connectivity index (χ3v) is 12.6. The highest BCUT2D eigenvalue weighted by Gasteiger charge is 2.48. The number of fused-ring (bicyclic) bond motifs is 9. The van der Waals surface area contributed by atoms with Crippen LogP contribution in [0.1, 0.15) is 49.9 Å². The van der Waals surface area contributed by atoms with Crippen molar-refractivity contribution < 1.29 is 4.42 Å². The predicted molar refractivity (Wildman–Crippen MR) is 234 cm³/mol. The van der Waals surface area contributed by atoms with E-state index >= 15 is 0 Å². The van der Waals surface area contributed by atoms with Crippen LogP contribution in [0.3, 0.4) is 0 Å². The van der Waals surface area contributed by atoms with Crippen molar-refractivity contribution in [1.82, 2.24) is 0 Å². The van der Waals surface area contributed by atoms with Gasteiger partial charge in [0.05, 0.1) is 5.69 Å². The van der Waals surface area contributed by atoms with Crippen LogP contribution in [-0.4, -0.2) is 0 Å². The minimum Gasteiger partial charge on any atom is -0.456 e. The Morgan fingerprint density at radius 2 is 0.857 bits per heavy atom. The van der Waals surface area contributed by atoms with E-state index < -0.39 is 0 Å². The number of para-hydroxylation sites is 3. The van der Waals surface area contributed by atoms with Gasteiger partial charge >= 0.3 is 0 Å². The molecule has 0 atom stereocenters. The SMILES string of the molecule is CC1(C)c2ccccc2-c2c(-c3ccc(-c4ccc5c(c4)oc4ccccc45)cc3)c3c(c(N(c4ccccc4)c4ccccc4)c21)C(C)(C)c1ccccc1-3. The lowest BCUT2D eigenvalue weighted by Crippen LogP contribution is -2.26. The summed E-state index contributed by atoms with van der Waals surface area (Å²) in [6.07, 6.45) is 0. The molecule has 0 fully saturated rings. The summed E-state index contributed by atoms with van der Waals surface area (Å²) in [7, 11) is 0. The van der Waals surface area contributed by atoms with Crippen LogP contribution in [0.5, 0.6) is 0 Å². The molecule has 9 aromatic rings. The number of furan rings is 1. The van der Waals surface area contributed by atoms with Gasteiger partial charge in [-0.3, -0.25) is 0 Å². The number of benzene rings is 8. The van der Waals surface area contributed by atoms with Crippen LogP contribution in [-0.2, 0) is 10.8 Å². The molecule has 0 unspecified atom stereocenters. The Kier molecular flexibility index (Phi) is 6.98. The van der Waals surface area contributed by atoms with Crippen molar-refractivity contribution in [2.45, 2.75) is 38.5 Å². The monoisotopic (exact) mass is 719 g/mol. The fraction of sp³-hybridized carbons (Fsp3) is 0.111. The van der Waals surface area contributed by atoms with Crippen LogP contribution < -0.4 is 4.90 Å². The number of hydrogen-bond acceptors (Lipinski definition) is 2. The zero-order chi connectivity index (χ0) is 37.8. The maximum absolute atomic E-state index is 6.30. The van der Waals surface area contributed by atoms with Gasteiger partial charge in [0.2, 0.25) is 0 Å². The lowest BCUT2D eigenvalue weighted by molar-refractivity contribution is 0.640. The van der Waals surface area contributed by atoms with Crippen molar-refractivity contribution >= 4 is 39.0 Å². The number of nitrogens with zero attached hydrogens (tertiary/aromatic N) is 1. The summed E-state index contributed by atoms with van der Waals surface area (Å²) in [5.74, 6) is 0. The highest BCUT2D eigenvalue weighted by molar-refractivity contribution is 6.10. The van der Waals surface area contributed by atoms with Crippen LogP contribution in [0, 0.1) is 0 Å². The van der Waals surface area contributed by atoms with Gasteiger partial charge in [0.15, 0.2) is 0 Å². The third-order valence-electron chi connectivity index (χ3n) is 12.6. The highest BCUT2D eigenvalue weighted by atomic mass is 16.3. The van der Waals surface area contributed by atoms with Gasteiger partial charge in [-0.1, -0.05) is 161 Å². The minimum atomic E-state index is -0.278. The molecule has 2 aliphatic rings. The van der Waals surface area contributed by atoms with E-state index in [1.54, 1.807) is 0 Å². The maximum atomic E-state index is 6.30. The first-order valence-electron chi connectivity index (χ1n) is 19.7. The molecule has 0 amide bonds. The number of hydrogen-bond donors (Lipinski definition) is 0. The average Bonchev–Trinajstić information content (AvgIpc) is 3.81. The summed E-state index contributed by atoms with van der Waals surface area (Å²) in [5.41, 5.74) is 20.5. The van der Waals surface area contributed by atoms with Crippen molar-refractivity contribution in [2.24, 2.45) is 0 Å². The van der Waals surface area contributed by atoms with E-state index in [9.17, 15) is 0 Å². The summed E-state index contributed by atoms with van der Waals surface area (Å²) in [5, 5.41) is 2.30. The molecule has 0 bridgehead atoms. The van der Waals surface area contributed by atoms with Gasteiger partial charge in [-0.2, -0.15) is 0 Å². The fourth-order valence-corrected chi connectivity index (χ4v) is 10.1. The highest BCUT2D eigenvalue weighted by Crippen LogP contribution is 2.66. The molecule has 268 valence electrons. The maximum Gasteiger partial charge on any atom is 0.136 e. The molecule has 56 heavy (non-hydrogen) atoms. The van der Waals surface area contributed by atoms with Crippen molar-refractivity contribution in [3.05, 3.63) is 198 Å². The van der Waals surface area contributed by atoms with Crippen molar-refractivity contribution in [1.29, 1.82) is 0 Å². The number of anilines is 3. The number of rotatable bonds is 5. The van der Waals surface area contributed by atoms with E-state index in [1.807, 2.05) is 12.1 Å². The van der Waals surface area contributed by atoms with Crippen LogP contribution in [0.2, 0.25) is 0 Å². The first-order chi connectivity index (χ1) is 27.3. The Morgan fingerprint density at radius 1 is 0.393 bits per heavy atom. The second-order valence-electron chi connectivity index (χ2n) is 16.5. The average molecular weight is 720 g/mol. The largest absolute Gasteiger partial charge is 0.456 e. The molecule has 0 spiro atoms. The molecule has 1 aromatic heterocycles. The normalized spacial score (nSPS) is 14.4. The van der Waals surface area contributed by atoms with Gasteiger partial charge in [-0.05, 0) is 109 Å². The van der Waals surface area contributed by atoms with Gasteiger partial charge in [0, 0.05) is 33.0 Å². The molecule has 0 saturated heterocycles. The molecule has 2 heteroatoms. The van der Waals surface area contributed by atoms with Crippen LogP contribution >= 0.6 is 0 Å². The summed E-state index contributed by atoms with van der Waals surface area (Å²) < 4.78 is 6.30. The quantitative estimate of drug-likeness (QED) is 0.176. The Balaban J connectivity index is 1.22. The standard InChI is InChI=1S/C54H41NO/c1-53(2)43-24-14-11-22-41(43)48-47(35-29-27-34(28-30-35)36-31-32-40-39-21-13-16-26-45(39)56-46(40)33-36)49-42-23-12-15-25-44(42)54(3,4)51(49)52(50(48)53)55(37-17-7-5-8-18-37)38-19-9-6-10-20-38/h5-33H,1-4H3. The summed E-state index contributed by atoms with van der Waals surface area (Å²) in [6.45, 7) is 9.71. The molecule has 0 saturated carbocycles. The lowest BCUT2D eigenvalue weighted by atomic mass is 9.73. The Hall–Kier alpha value is -6.64. The molecule has 0 N–H and O–H groups in total. The first-order valence-corrected chi connectivity index (χ1v) is 19.7. The second-order valence-corrected chi connectivity index (χ2v) is 16.5. The summed E-state index contributed by atoms with van der Waals surface area (Å²) >= 11 is 0. The van der Waals surface area contributed by atoms with Crippen LogP contribution in [0.15, 0.2) is 180 Å². The second kappa shape index (κ2) is 11.9. The zero-order valence-corrected chi connectivity index (χ0v) is 32.1. The fourth-order valence-electron chi connectivity index (χ4n) is 10.1. The molecule has 8 aromatic carbocycles. The summed E-state index contributed by atoms with van der Waals surface area (Å²) in [6, 6.07) is 64.3. The minimum absolute atomic E-state index is 0.278. The van der Waals surface area contributed by atoms with Gasteiger partial charge in [0.25, 0.3) is 0 Å². The Labute approximate surface area is 328 Å². The lowest BCUT2D eigenvalue weighted by Gasteiger charge is -2.38. The Bertz CT molecular complexity index is 2880. The molecule has 0 aliphatic heterocycles. The van der Waals surface area contributed by atoms with E-state index in [4.69, 9.17) is 4.42 Å². The zero-order valence-electron chi connectivity index (χ0n) is 32.1. The van der Waals surface area contributed by atoms with Crippen molar-refractivity contribution in [2.75, 3.05) is 4.90 Å². The van der Waals surface area contributed by atoms with E-state index in [2.05, 4.69) is 196 Å².